The van der Waals surface area contributed by atoms with Crippen molar-refractivity contribution < 1.29 is 9.53 Å². The molecule has 1 fully saturated rings. The van der Waals surface area contributed by atoms with Crippen LogP contribution in [0.3, 0.4) is 0 Å². The summed E-state index contributed by atoms with van der Waals surface area (Å²) < 4.78 is 5.21. The highest BCUT2D eigenvalue weighted by atomic mass is 16.5. The largest absolute Gasteiger partial charge is 0.496 e. The summed E-state index contributed by atoms with van der Waals surface area (Å²) in [5.41, 5.74) is 6.88. The molecule has 2 N–H and O–H groups in total. The Kier molecular flexibility index (Phi) is 3.22. The zero-order valence-electron chi connectivity index (χ0n) is 10.3. The van der Waals surface area contributed by atoms with Crippen LogP contribution < -0.4 is 10.5 Å². The molecule has 0 spiro atoms. The molecule has 0 radical (unpaired) electrons. The van der Waals surface area contributed by atoms with Crippen LogP contribution in [0.15, 0.2) is 18.2 Å². The van der Waals surface area contributed by atoms with E-state index in [1.165, 1.54) is 0 Å². The summed E-state index contributed by atoms with van der Waals surface area (Å²) in [7, 11) is 1.55. The minimum Gasteiger partial charge on any atom is -0.496 e. The number of hydrogen-bond acceptors (Lipinski definition) is 3. The molecule has 0 aromatic heterocycles. The van der Waals surface area contributed by atoms with Gasteiger partial charge in [-0.1, -0.05) is 0 Å². The van der Waals surface area contributed by atoms with E-state index in [1.807, 2.05) is 11.8 Å². The SMILES string of the molecule is CCN(C(=O)c1ccc(N)cc1OC)C1CC1. The Morgan fingerprint density at radius 1 is 1.53 bits per heavy atom. The molecule has 0 bridgehead atoms. The summed E-state index contributed by atoms with van der Waals surface area (Å²) in [5, 5.41) is 0. The van der Waals surface area contributed by atoms with E-state index in [0.29, 0.717) is 23.0 Å². The van der Waals surface area contributed by atoms with Gasteiger partial charge in [0.15, 0.2) is 0 Å². The molecule has 0 aliphatic heterocycles. The average molecular weight is 234 g/mol. The quantitative estimate of drug-likeness (QED) is 0.809. The fourth-order valence-corrected chi connectivity index (χ4v) is 1.99. The molecule has 0 heterocycles. The zero-order valence-corrected chi connectivity index (χ0v) is 10.3. The van der Waals surface area contributed by atoms with Crippen molar-refractivity contribution in [2.75, 3.05) is 19.4 Å². The lowest BCUT2D eigenvalue weighted by molar-refractivity contribution is 0.0749. The molecule has 1 aromatic rings. The first-order valence-corrected chi connectivity index (χ1v) is 5.91. The number of nitrogen functional groups attached to an aromatic ring is 1. The summed E-state index contributed by atoms with van der Waals surface area (Å²) in [4.78, 5) is 14.3. The molecule has 2 rings (SSSR count). The van der Waals surface area contributed by atoms with E-state index in [1.54, 1.807) is 25.3 Å². The van der Waals surface area contributed by atoms with E-state index in [2.05, 4.69) is 0 Å². The molecule has 1 aliphatic carbocycles. The highest BCUT2D eigenvalue weighted by Gasteiger charge is 2.32. The third-order valence-electron chi connectivity index (χ3n) is 3.05. The molecular formula is C13H18N2O2. The van der Waals surface area contributed by atoms with Crippen LogP contribution in [0.1, 0.15) is 30.1 Å². The van der Waals surface area contributed by atoms with Crippen LogP contribution in [0.2, 0.25) is 0 Å². The molecule has 0 atom stereocenters. The second-order valence-electron chi connectivity index (χ2n) is 4.28. The maximum absolute atomic E-state index is 12.4. The summed E-state index contributed by atoms with van der Waals surface area (Å²) >= 11 is 0. The van der Waals surface area contributed by atoms with Crippen molar-refractivity contribution in [1.29, 1.82) is 0 Å². The highest BCUT2D eigenvalue weighted by Crippen LogP contribution is 2.30. The number of amides is 1. The van der Waals surface area contributed by atoms with Crippen LogP contribution in [-0.2, 0) is 0 Å². The van der Waals surface area contributed by atoms with Gasteiger partial charge in [-0.25, -0.2) is 0 Å². The predicted molar refractivity (Wildman–Crippen MR) is 67.1 cm³/mol. The fraction of sp³-hybridized carbons (Fsp3) is 0.462. The van der Waals surface area contributed by atoms with E-state index < -0.39 is 0 Å². The molecule has 4 nitrogen and oxygen atoms in total. The Morgan fingerprint density at radius 2 is 2.24 bits per heavy atom. The first kappa shape index (κ1) is 11.8. The summed E-state index contributed by atoms with van der Waals surface area (Å²) in [6.07, 6.45) is 2.22. The van der Waals surface area contributed by atoms with Gasteiger partial charge in [-0.2, -0.15) is 0 Å². The second kappa shape index (κ2) is 4.65. The number of anilines is 1. The van der Waals surface area contributed by atoms with E-state index in [9.17, 15) is 4.79 Å². The molecule has 17 heavy (non-hydrogen) atoms. The van der Waals surface area contributed by atoms with Gasteiger partial charge in [0.1, 0.15) is 5.75 Å². The third kappa shape index (κ3) is 2.35. The van der Waals surface area contributed by atoms with Crippen LogP contribution in [0.5, 0.6) is 5.75 Å². The minimum atomic E-state index is 0.0341. The van der Waals surface area contributed by atoms with E-state index in [-0.39, 0.29) is 5.91 Å². The molecule has 4 heteroatoms. The summed E-state index contributed by atoms with van der Waals surface area (Å²) in [5.74, 6) is 0.584. The lowest BCUT2D eigenvalue weighted by atomic mass is 10.1. The van der Waals surface area contributed by atoms with Gasteiger partial charge in [0.05, 0.1) is 12.7 Å². The lowest BCUT2D eigenvalue weighted by Gasteiger charge is -2.21. The van der Waals surface area contributed by atoms with Gasteiger partial charge in [0.2, 0.25) is 0 Å². The Labute approximate surface area is 101 Å². The first-order valence-electron chi connectivity index (χ1n) is 5.91. The normalized spacial score (nSPS) is 14.5. The minimum absolute atomic E-state index is 0.0341. The van der Waals surface area contributed by atoms with Crippen molar-refractivity contribution in [2.45, 2.75) is 25.8 Å². The maximum atomic E-state index is 12.4. The topological polar surface area (TPSA) is 55.6 Å². The Balaban J connectivity index is 2.28. The molecule has 0 saturated heterocycles. The average Bonchev–Trinajstić information content (AvgIpc) is 3.14. The number of hydrogen-bond donors (Lipinski definition) is 1. The maximum Gasteiger partial charge on any atom is 0.257 e. The summed E-state index contributed by atoms with van der Waals surface area (Å²) in [6.45, 7) is 2.73. The molecule has 1 saturated carbocycles. The first-order chi connectivity index (χ1) is 8.17. The van der Waals surface area contributed by atoms with Crippen LogP contribution in [0, 0.1) is 0 Å². The van der Waals surface area contributed by atoms with Crippen LogP contribution in [0.4, 0.5) is 5.69 Å². The van der Waals surface area contributed by atoms with Gasteiger partial charge >= 0.3 is 0 Å². The molecule has 92 valence electrons. The van der Waals surface area contributed by atoms with Gasteiger partial charge in [-0.05, 0) is 31.9 Å². The predicted octanol–water partition coefficient (Wildman–Crippen LogP) is 1.90. The molecule has 1 aliphatic rings. The standard InChI is InChI=1S/C13H18N2O2/c1-3-15(10-5-6-10)13(16)11-7-4-9(14)8-12(11)17-2/h4,7-8,10H,3,5-6,14H2,1-2H3. The van der Waals surface area contributed by atoms with Gasteiger partial charge in [0, 0.05) is 24.3 Å². The van der Waals surface area contributed by atoms with E-state index >= 15 is 0 Å². The Bertz CT molecular complexity index is 427. The van der Waals surface area contributed by atoms with Crippen molar-refractivity contribution in [1.82, 2.24) is 4.90 Å². The number of benzene rings is 1. The van der Waals surface area contributed by atoms with Crippen molar-refractivity contribution in [3.63, 3.8) is 0 Å². The van der Waals surface area contributed by atoms with Gasteiger partial charge in [0.25, 0.3) is 5.91 Å². The van der Waals surface area contributed by atoms with Crippen molar-refractivity contribution in [2.24, 2.45) is 0 Å². The number of ether oxygens (including phenoxy) is 1. The third-order valence-corrected chi connectivity index (χ3v) is 3.05. The smallest absolute Gasteiger partial charge is 0.257 e. The van der Waals surface area contributed by atoms with Crippen molar-refractivity contribution in [3.8, 4) is 5.75 Å². The van der Waals surface area contributed by atoms with Gasteiger partial charge < -0.3 is 15.4 Å². The number of rotatable bonds is 4. The van der Waals surface area contributed by atoms with Crippen LogP contribution in [-0.4, -0.2) is 30.5 Å². The second-order valence-corrected chi connectivity index (χ2v) is 4.28. The van der Waals surface area contributed by atoms with Gasteiger partial charge in [-0.3, -0.25) is 4.79 Å². The van der Waals surface area contributed by atoms with E-state index in [4.69, 9.17) is 10.5 Å². The monoisotopic (exact) mass is 234 g/mol. The Hall–Kier alpha value is -1.71. The lowest BCUT2D eigenvalue weighted by Crippen LogP contribution is -2.33. The molecule has 1 amide bonds. The number of nitrogens with zero attached hydrogens (tertiary/aromatic N) is 1. The van der Waals surface area contributed by atoms with Crippen LogP contribution in [0.25, 0.3) is 0 Å². The highest BCUT2D eigenvalue weighted by molar-refractivity contribution is 5.97. The number of carbonyl (C=O) groups is 1. The molecular weight excluding hydrogens is 216 g/mol. The molecule has 0 unspecified atom stereocenters. The Morgan fingerprint density at radius 3 is 2.76 bits per heavy atom. The number of carbonyl (C=O) groups excluding carboxylic acids is 1. The number of methoxy groups -OCH3 is 1. The summed E-state index contributed by atoms with van der Waals surface area (Å²) in [6, 6.07) is 5.57. The van der Waals surface area contributed by atoms with Crippen molar-refractivity contribution in [3.05, 3.63) is 23.8 Å². The van der Waals surface area contributed by atoms with Crippen LogP contribution >= 0.6 is 0 Å². The molecule has 1 aromatic carbocycles. The van der Waals surface area contributed by atoms with E-state index in [0.717, 1.165) is 19.4 Å². The van der Waals surface area contributed by atoms with Crippen molar-refractivity contribution >= 4 is 11.6 Å². The van der Waals surface area contributed by atoms with Gasteiger partial charge in [-0.15, -0.1) is 0 Å². The fourth-order valence-electron chi connectivity index (χ4n) is 1.99. The zero-order chi connectivity index (χ0) is 12.4. The number of nitrogens with two attached hydrogens (primary N) is 1.